The van der Waals surface area contributed by atoms with Gasteiger partial charge < -0.3 is 25.4 Å². The van der Waals surface area contributed by atoms with Crippen LogP contribution in [0, 0.1) is 17.8 Å². The number of nitrogens with zero attached hydrogens (tertiary/aromatic N) is 1. The van der Waals surface area contributed by atoms with Crippen LogP contribution in [0.1, 0.15) is 52.5 Å². The van der Waals surface area contributed by atoms with E-state index in [2.05, 4.69) is 24.5 Å². The zero-order valence-corrected chi connectivity index (χ0v) is 25.7. The summed E-state index contributed by atoms with van der Waals surface area (Å²) in [5.74, 6) is -1.05. The first kappa shape index (κ1) is 30.4. The van der Waals surface area contributed by atoms with Gasteiger partial charge in [-0.25, -0.2) is 0 Å². The van der Waals surface area contributed by atoms with Gasteiger partial charge in [0, 0.05) is 17.0 Å². The van der Waals surface area contributed by atoms with Crippen molar-refractivity contribution in [3.8, 4) is 5.75 Å². The number of anilines is 1. The van der Waals surface area contributed by atoms with Crippen LogP contribution in [0.5, 0.6) is 5.75 Å². The minimum Gasteiger partial charge on any atom is -0.494 e. The Bertz CT molecular complexity index is 1270. The van der Waals surface area contributed by atoms with E-state index in [1.807, 2.05) is 56.3 Å². The number of hydrogen-bond acceptors (Lipinski definition) is 6. The Morgan fingerprint density at radius 3 is 2.48 bits per heavy atom. The monoisotopic (exact) mass is 593 g/mol. The molecule has 3 amide bonds. The molecule has 42 heavy (non-hydrogen) atoms. The lowest BCUT2D eigenvalue weighted by molar-refractivity contribution is -0.142. The Morgan fingerprint density at radius 1 is 1.12 bits per heavy atom. The van der Waals surface area contributed by atoms with Crippen molar-refractivity contribution in [3.63, 3.8) is 0 Å². The van der Waals surface area contributed by atoms with E-state index in [0.717, 1.165) is 30.6 Å². The minimum absolute atomic E-state index is 0.0470. The number of hydrogen-bond donors (Lipinski definition) is 3. The molecule has 226 valence electrons. The van der Waals surface area contributed by atoms with E-state index in [1.54, 1.807) is 28.8 Å². The number of aliphatic hydroxyl groups excluding tert-OH is 1. The van der Waals surface area contributed by atoms with Crippen LogP contribution in [-0.4, -0.2) is 69.1 Å². The van der Waals surface area contributed by atoms with Gasteiger partial charge in [-0.05, 0) is 68.9 Å². The summed E-state index contributed by atoms with van der Waals surface area (Å²) in [6.07, 6.45) is 2.93. The number of aliphatic hydroxyl groups is 1. The van der Waals surface area contributed by atoms with E-state index in [1.165, 1.54) is 0 Å². The van der Waals surface area contributed by atoms with Gasteiger partial charge in [-0.15, -0.1) is 11.8 Å². The molecule has 9 heteroatoms. The van der Waals surface area contributed by atoms with Crippen LogP contribution < -0.4 is 15.4 Å². The molecule has 1 spiro atoms. The van der Waals surface area contributed by atoms with Crippen LogP contribution in [0.15, 0.2) is 54.6 Å². The second-order valence-electron chi connectivity index (χ2n) is 12.0. The number of benzene rings is 2. The molecule has 4 unspecified atom stereocenters. The normalized spacial score (nSPS) is 29.2. The second-order valence-corrected chi connectivity index (χ2v) is 13.5. The third-order valence-corrected chi connectivity index (χ3v) is 11.3. The number of fused-ring (bicyclic) bond motifs is 1. The minimum atomic E-state index is -0.775. The van der Waals surface area contributed by atoms with Crippen LogP contribution in [0.4, 0.5) is 5.69 Å². The van der Waals surface area contributed by atoms with Crippen molar-refractivity contribution in [2.45, 2.75) is 81.5 Å². The lowest BCUT2D eigenvalue weighted by atomic mass is 9.65. The Labute approximate surface area is 253 Å². The van der Waals surface area contributed by atoms with Gasteiger partial charge in [0.15, 0.2) is 0 Å². The lowest BCUT2D eigenvalue weighted by Gasteiger charge is -2.40. The largest absolute Gasteiger partial charge is 0.494 e. The molecule has 0 aromatic heterocycles. The Balaban J connectivity index is 1.49. The molecule has 2 aromatic carbocycles. The maximum Gasteiger partial charge on any atom is 0.244 e. The molecule has 3 fully saturated rings. The molecular formula is C33H43N3O5S. The predicted molar refractivity (Wildman–Crippen MR) is 165 cm³/mol. The predicted octanol–water partition coefficient (Wildman–Crippen LogP) is 4.27. The SMILES string of the molecule is CCCC(C)NC(=O)C1N([C@@H](CO)Cc2ccccc2)C(=O)[C@@H]2[C@H](C(=O)Nc3ccc(OCC)cc3)[C@@H]3CC(C)C12S3. The first-order valence-electron chi connectivity index (χ1n) is 15.2. The Morgan fingerprint density at radius 2 is 1.83 bits per heavy atom. The average Bonchev–Trinajstić information content (AvgIpc) is 3.57. The van der Waals surface area contributed by atoms with Gasteiger partial charge in [-0.2, -0.15) is 0 Å². The number of nitrogens with one attached hydrogen (secondary N) is 2. The average molecular weight is 594 g/mol. The molecule has 0 saturated carbocycles. The first-order valence-corrected chi connectivity index (χ1v) is 16.1. The van der Waals surface area contributed by atoms with Gasteiger partial charge in [0.1, 0.15) is 11.8 Å². The van der Waals surface area contributed by atoms with Crippen molar-refractivity contribution in [3.05, 3.63) is 60.2 Å². The number of amides is 3. The number of ether oxygens (including phenoxy) is 1. The van der Waals surface area contributed by atoms with Crippen molar-refractivity contribution >= 4 is 35.2 Å². The maximum absolute atomic E-state index is 14.5. The fourth-order valence-corrected chi connectivity index (χ4v) is 9.85. The highest BCUT2D eigenvalue weighted by atomic mass is 32.2. The molecule has 0 aliphatic carbocycles. The highest BCUT2D eigenvalue weighted by molar-refractivity contribution is 8.02. The Hall–Kier alpha value is -3.04. The molecule has 3 saturated heterocycles. The summed E-state index contributed by atoms with van der Waals surface area (Å²) in [6.45, 7) is 8.37. The molecule has 3 aliphatic heterocycles. The number of rotatable bonds is 12. The lowest BCUT2D eigenvalue weighted by Crippen LogP contribution is -2.59. The highest BCUT2D eigenvalue weighted by Gasteiger charge is 2.76. The molecular weight excluding hydrogens is 550 g/mol. The smallest absolute Gasteiger partial charge is 0.244 e. The van der Waals surface area contributed by atoms with E-state index < -0.39 is 28.7 Å². The number of carbonyl (C=O) groups excluding carboxylic acids is 3. The standard InChI is InChI=1S/C33H43N3O5S/c1-5-10-21(4)34-31(39)29-33-20(3)17-26(42-33)27(30(38)35-23-13-15-25(16-14-23)41-6-2)28(33)32(40)36(29)24(19-37)18-22-11-8-7-9-12-22/h7-9,11-16,20-21,24,26-29,37H,5-6,10,17-19H2,1-4H3,(H,34,39)(H,35,38)/t20?,21?,24-,26+,27-,28+,29?,33?/m1/s1. The van der Waals surface area contributed by atoms with Gasteiger partial charge in [0.2, 0.25) is 17.7 Å². The van der Waals surface area contributed by atoms with Crippen molar-refractivity contribution in [2.24, 2.45) is 17.8 Å². The van der Waals surface area contributed by atoms with Crippen molar-refractivity contribution in [1.82, 2.24) is 10.2 Å². The molecule has 0 radical (unpaired) electrons. The third-order valence-electron chi connectivity index (χ3n) is 9.20. The van der Waals surface area contributed by atoms with Crippen molar-refractivity contribution in [2.75, 3.05) is 18.5 Å². The van der Waals surface area contributed by atoms with E-state index >= 15 is 0 Å². The summed E-state index contributed by atoms with van der Waals surface area (Å²) in [5.41, 5.74) is 1.62. The zero-order valence-electron chi connectivity index (χ0n) is 24.9. The first-order chi connectivity index (χ1) is 20.2. The topological polar surface area (TPSA) is 108 Å². The van der Waals surface area contributed by atoms with Crippen LogP contribution in [-0.2, 0) is 20.8 Å². The molecule has 3 aliphatic rings. The number of thioether (sulfide) groups is 1. The number of likely N-dealkylation sites (tertiary alicyclic amines) is 1. The van der Waals surface area contributed by atoms with Crippen LogP contribution >= 0.6 is 11.8 Å². The molecule has 2 aromatic rings. The van der Waals surface area contributed by atoms with E-state index in [4.69, 9.17) is 4.74 Å². The van der Waals surface area contributed by atoms with Gasteiger partial charge in [0.05, 0.1) is 35.8 Å². The van der Waals surface area contributed by atoms with Crippen molar-refractivity contribution in [1.29, 1.82) is 0 Å². The molecule has 5 rings (SSSR count). The van der Waals surface area contributed by atoms with E-state index in [9.17, 15) is 19.5 Å². The number of carbonyl (C=O) groups is 3. The highest BCUT2D eigenvalue weighted by Crippen LogP contribution is 2.68. The van der Waals surface area contributed by atoms with Gasteiger partial charge in [-0.1, -0.05) is 50.6 Å². The second kappa shape index (κ2) is 12.7. The van der Waals surface area contributed by atoms with Crippen LogP contribution in [0.25, 0.3) is 0 Å². The molecule has 3 heterocycles. The summed E-state index contributed by atoms with van der Waals surface area (Å²) in [5, 5.41) is 16.8. The maximum atomic E-state index is 14.5. The van der Waals surface area contributed by atoms with Crippen LogP contribution in [0.2, 0.25) is 0 Å². The molecule has 2 bridgehead atoms. The summed E-state index contributed by atoms with van der Waals surface area (Å²) < 4.78 is 4.78. The fraction of sp³-hybridized carbons (Fsp3) is 0.545. The van der Waals surface area contributed by atoms with Gasteiger partial charge >= 0.3 is 0 Å². The quantitative estimate of drug-likeness (QED) is 0.339. The fourth-order valence-electron chi connectivity index (χ4n) is 7.44. The molecule has 8 nitrogen and oxygen atoms in total. The Kier molecular flexibility index (Phi) is 9.18. The zero-order chi connectivity index (χ0) is 30.0. The van der Waals surface area contributed by atoms with E-state index in [-0.39, 0.29) is 41.5 Å². The van der Waals surface area contributed by atoms with Gasteiger partial charge in [0.25, 0.3) is 0 Å². The molecule has 8 atom stereocenters. The molecule has 3 N–H and O–H groups in total. The summed E-state index contributed by atoms with van der Waals surface area (Å²) >= 11 is 1.65. The van der Waals surface area contributed by atoms with Crippen molar-refractivity contribution < 1.29 is 24.2 Å². The van der Waals surface area contributed by atoms with Crippen LogP contribution in [0.3, 0.4) is 0 Å². The summed E-state index contributed by atoms with van der Waals surface area (Å²) in [4.78, 5) is 44.3. The van der Waals surface area contributed by atoms with Gasteiger partial charge in [-0.3, -0.25) is 14.4 Å². The van der Waals surface area contributed by atoms with E-state index in [0.29, 0.717) is 18.7 Å². The third kappa shape index (κ3) is 5.41. The summed E-state index contributed by atoms with van der Waals surface area (Å²) in [6, 6.07) is 15.6. The summed E-state index contributed by atoms with van der Waals surface area (Å²) in [7, 11) is 0.